The molecule has 0 radical (unpaired) electrons. The first-order valence-electron chi connectivity index (χ1n) is 7.60. The van der Waals surface area contributed by atoms with Crippen molar-refractivity contribution in [2.24, 2.45) is 0 Å². The molecule has 23 heavy (non-hydrogen) atoms. The van der Waals surface area contributed by atoms with E-state index in [1.54, 1.807) is 12.1 Å². The molecule has 1 aromatic carbocycles. The number of halogens is 2. The molecule has 1 aliphatic heterocycles. The third-order valence-corrected chi connectivity index (χ3v) is 5.25. The average molecular weight is 348 g/mol. The third kappa shape index (κ3) is 2.75. The van der Waals surface area contributed by atoms with Crippen LogP contribution in [0.4, 0.5) is 10.2 Å². The molecule has 3 heterocycles. The largest absolute Gasteiger partial charge is 0.370 e. The summed E-state index contributed by atoms with van der Waals surface area (Å²) in [7, 11) is 0. The Balaban J connectivity index is 1.89. The van der Waals surface area contributed by atoms with Gasteiger partial charge in [-0.1, -0.05) is 11.6 Å². The monoisotopic (exact) mass is 347 g/mol. The van der Waals surface area contributed by atoms with Crippen molar-refractivity contribution >= 4 is 28.8 Å². The third-order valence-electron chi connectivity index (χ3n) is 4.01. The second-order valence-electron chi connectivity index (χ2n) is 5.55. The van der Waals surface area contributed by atoms with E-state index in [4.69, 9.17) is 16.7 Å². The minimum absolute atomic E-state index is 0.245. The fourth-order valence-corrected chi connectivity index (χ4v) is 3.97. The van der Waals surface area contributed by atoms with Crippen molar-refractivity contribution in [2.45, 2.75) is 19.3 Å². The standard InChI is InChI=1S/C17H15ClFN3S/c18-15-9-8-14(23-15)16-13-3-1-2-10-20-17(13)22(21-16)12-6-4-11(19)5-7-12/h4-9,20H,1-3,10H2. The van der Waals surface area contributed by atoms with Crippen LogP contribution in [-0.2, 0) is 6.42 Å². The van der Waals surface area contributed by atoms with E-state index in [9.17, 15) is 4.39 Å². The van der Waals surface area contributed by atoms with Crippen molar-refractivity contribution in [3.8, 4) is 16.3 Å². The predicted molar refractivity (Wildman–Crippen MR) is 93.3 cm³/mol. The molecule has 0 aliphatic carbocycles. The van der Waals surface area contributed by atoms with E-state index >= 15 is 0 Å². The quantitative estimate of drug-likeness (QED) is 0.695. The fraction of sp³-hybridized carbons (Fsp3) is 0.235. The van der Waals surface area contributed by atoms with Crippen LogP contribution in [0.1, 0.15) is 18.4 Å². The molecule has 0 unspecified atom stereocenters. The number of thiophene rings is 1. The maximum Gasteiger partial charge on any atom is 0.133 e. The van der Waals surface area contributed by atoms with Gasteiger partial charge in [-0.3, -0.25) is 0 Å². The molecule has 0 spiro atoms. The molecule has 0 atom stereocenters. The minimum Gasteiger partial charge on any atom is -0.370 e. The van der Waals surface area contributed by atoms with Crippen LogP contribution in [0.15, 0.2) is 36.4 Å². The van der Waals surface area contributed by atoms with Crippen molar-refractivity contribution in [1.29, 1.82) is 0 Å². The smallest absolute Gasteiger partial charge is 0.133 e. The molecule has 1 aliphatic rings. The van der Waals surface area contributed by atoms with E-state index < -0.39 is 0 Å². The van der Waals surface area contributed by atoms with Crippen LogP contribution >= 0.6 is 22.9 Å². The predicted octanol–water partition coefficient (Wildman–Crippen LogP) is 5.14. The second kappa shape index (κ2) is 5.98. The summed E-state index contributed by atoms with van der Waals surface area (Å²) in [6.07, 6.45) is 3.23. The maximum absolute atomic E-state index is 13.2. The number of hydrogen-bond donors (Lipinski definition) is 1. The molecule has 118 valence electrons. The zero-order chi connectivity index (χ0) is 15.8. The van der Waals surface area contributed by atoms with Gasteiger partial charge in [-0.15, -0.1) is 11.3 Å². The Kier molecular flexibility index (Phi) is 3.83. The van der Waals surface area contributed by atoms with E-state index in [1.165, 1.54) is 29.0 Å². The molecule has 0 saturated heterocycles. The molecule has 6 heteroatoms. The molecule has 0 bridgehead atoms. The molecule has 0 amide bonds. The van der Waals surface area contributed by atoms with Crippen LogP contribution in [0.25, 0.3) is 16.3 Å². The van der Waals surface area contributed by atoms with Crippen molar-refractivity contribution in [1.82, 2.24) is 9.78 Å². The van der Waals surface area contributed by atoms with Crippen molar-refractivity contribution in [2.75, 3.05) is 11.9 Å². The highest BCUT2D eigenvalue weighted by atomic mass is 35.5. The van der Waals surface area contributed by atoms with E-state index in [0.29, 0.717) is 0 Å². The second-order valence-corrected chi connectivity index (χ2v) is 7.27. The Morgan fingerprint density at radius 3 is 2.70 bits per heavy atom. The van der Waals surface area contributed by atoms with E-state index in [2.05, 4.69) is 5.32 Å². The molecule has 4 rings (SSSR count). The summed E-state index contributed by atoms with van der Waals surface area (Å²) in [4.78, 5) is 1.07. The van der Waals surface area contributed by atoms with Gasteiger partial charge in [0.05, 0.1) is 14.9 Å². The molecule has 0 fully saturated rings. The molecule has 3 aromatic rings. The maximum atomic E-state index is 13.2. The molecule has 0 saturated carbocycles. The Morgan fingerprint density at radius 1 is 1.13 bits per heavy atom. The van der Waals surface area contributed by atoms with Gasteiger partial charge in [-0.25, -0.2) is 9.07 Å². The molecular weight excluding hydrogens is 333 g/mol. The number of nitrogens with one attached hydrogen (secondary N) is 1. The average Bonchev–Trinajstić information content (AvgIpc) is 3.04. The van der Waals surface area contributed by atoms with Gasteiger partial charge in [0.2, 0.25) is 0 Å². The Labute approximate surface area is 142 Å². The number of rotatable bonds is 2. The van der Waals surface area contributed by atoms with E-state index in [-0.39, 0.29) is 5.82 Å². The molecule has 3 nitrogen and oxygen atoms in total. The lowest BCUT2D eigenvalue weighted by Crippen LogP contribution is -2.07. The number of benzene rings is 1. The first-order chi connectivity index (χ1) is 11.2. The zero-order valence-electron chi connectivity index (χ0n) is 12.4. The van der Waals surface area contributed by atoms with Gasteiger partial charge < -0.3 is 5.32 Å². The molecular formula is C17H15ClFN3S. The highest BCUT2D eigenvalue weighted by Crippen LogP contribution is 2.38. The van der Waals surface area contributed by atoms with Gasteiger partial charge >= 0.3 is 0 Å². The summed E-state index contributed by atoms with van der Waals surface area (Å²) >= 11 is 7.63. The Bertz CT molecular complexity index is 838. The Hall–Kier alpha value is -1.85. The van der Waals surface area contributed by atoms with Gasteiger partial charge in [-0.05, 0) is 55.7 Å². The number of fused-ring (bicyclic) bond motifs is 1. The van der Waals surface area contributed by atoms with Gasteiger partial charge in [0.25, 0.3) is 0 Å². The number of anilines is 1. The first kappa shape index (κ1) is 14.7. The van der Waals surface area contributed by atoms with Gasteiger partial charge in [0.1, 0.15) is 17.3 Å². The SMILES string of the molecule is Fc1ccc(-n2nc(-c3ccc(Cl)s3)c3c2NCCCC3)cc1. The Morgan fingerprint density at radius 2 is 1.96 bits per heavy atom. The van der Waals surface area contributed by atoms with Crippen molar-refractivity contribution in [3.05, 3.63) is 52.1 Å². The summed E-state index contributed by atoms with van der Waals surface area (Å²) in [6.45, 7) is 0.921. The van der Waals surface area contributed by atoms with Crippen molar-refractivity contribution in [3.63, 3.8) is 0 Å². The molecule has 1 N–H and O–H groups in total. The first-order valence-corrected chi connectivity index (χ1v) is 8.79. The number of hydrogen-bond acceptors (Lipinski definition) is 3. The van der Waals surface area contributed by atoms with Gasteiger partial charge in [0.15, 0.2) is 0 Å². The highest BCUT2D eigenvalue weighted by Gasteiger charge is 2.22. The highest BCUT2D eigenvalue weighted by molar-refractivity contribution is 7.19. The van der Waals surface area contributed by atoms with Crippen LogP contribution in [-0.4, -0.2) is 16.3 Å². The van der Waals surface area contributed by atoms with Crippen LogP contribution in [0, 0.1) is 5.82 Å². The minimum atomic E-state index is -0.245. The van der Waals surface area contributed by atoms with Crippen molar-refractivity contribution < 1.29 is 4.39 Å². The lowest BCUT2D eigenvalue weighted by molar-refractivity contribution is 0.627. The van der Waals surface area contributed by atoms with Crippen LogP contribution in [0.3, 0.4) is 0 Å². The lowest BCUT2D eigenvalue weighted by atomic mass is 10.1. The van der Waals surface area contributed by atoms with Crippen LogP contribution in [0.2, 0.25) is 4.34 Å². The van der Waals surface area contributed by atoms with Gasteiger partial charge in [0, 0.05) is 12.1 Å². The van der Waals surface area contributed by atoms with E-state index in [1.807, 2.05) is 16.8 Å². The summed E-state index contributed by atoms with van der Waals surface area (Å²) in [6, 6.07) is 10.3. The summed E-state index contributed by atoms with van der Waals surface area (Å²) in [5, 5.41) is 8.28. The van der Waals surface area contributed by atoms with Crippen LogP contribution in [0.5, 0.6) is 0 Å². The number of nitrogens with zero attached hydrogens (tertiary/aromatic N) is 2. The lowest BCUT2D eigenvalue weighted by Gasteiger charge is -2.09. The summed E-state index contributed by atoms with van der Waals surface area (Å²) in [5.41, 5.74) is 3.03. The van der Waals surface area contributed by atoms with Gasteiger partial charge in [-0.2, -0.15) is 5.10 Å². The van der Waals surface area contributed by atoms with Crippen LogP contribution < -0.4 is 5.32 Å². The normalized spacial score (nSPS) is 14.2. The summed E-state index contributed by atoms with van der Waals surface area (Å²) in [5.74, 6) is 0.763. The summed E-state index contributed by atoms with van der Waals surface area (Å²) < 4.78 is 15.9. The fourth-order valence-electron chi connectivity index (χ4n) is 2.91. The van der Waals surface area contributed by atoms with E-state index in [0.717, 1.165) is 52.2 Å². The number of aromatic nitrogens is 2. The zero-order valence-corrected chi connectivity index (χ0v) is 13.9. The topological polar surface area (TPSA) is 29.9 Å². The molecule has 2 aromatic heterocycles.